The molecular formula is C7H13BrO3. The Hall–Kier alpha value is -0.0900. The van der Waals surface area contributed by atoms with Crippen molar-refractivity contribution >= 4 is 21.9 Å². The maximum Gasteiger partial charge on any atom is 0.308 e. The van der Waals surface area contributed by atoms with Gasteiger partial charge in [-0.3, -0.25) is 4.79 Å². The van der Waals surface area contributed by atoms with Crippen LogP contribution < -0.4 is 0 Å². The average Bonchev–Trinajstić information content (AvgIpc) is 2.01. The summed E-state index contributed by atoms with van der Waals surface area (Å²) in [7, 11) is 1.57. The molecule has 0 aromatic carbocycles. The molecule has 66 valence electrons. The van der Waals surface area contributed by atoms with Crippen LogP contribution in [-0.2, 0) is 14.3 Å². The lowest BCUT2D eigenvalue weighted by Gasteiger charge is -2.10. The van der Waals surface area contributed by atoms with Crippen molar-refractivity contribution in [3.63, 3.8) is 0 Å². The first kappa shape index (κ1) is 10.9. The molecule has 0 aliphatic heterocycles. The Morgan fingerprint density at radius 1 is 1.64 bits per heavy atom. The third-order valence-corrected chi connectivity index (χ3v) is 1.93. The molecule has 3 nitrogen and oxygen atoms in total. The fourth-order valence-electron chi connectivity index (χ4n) is 0.607. The van der Waals surface area contributed by atoms with Gasteiger partial charge in [-0.25, -0.2) is 0 Å². The quantitative estimate of drug-likeness (QED) is 0.523. The number of rotatable bonds is 5. The highest BCUT2D eigenvalue weighted by atomic mass is 79.9. The van der Waals surface area contributed by atoms with E-state index in [4.69, 9.17) is 9.47 Å². The highest BCUT2D eigenvalue weighted by Gasteiger charge is 2.11. The summed E-state index contributed by atoms with van der Waals surface area (Å²) in [5.74, 6) is -0.209. The second kappa shape index (κ2) is 6.61. The molecule has 0 aliphatic rings. The van der Waals surface area contributed by atoms with Gasteiger partial charge in [0.25, 0.3) is 0 Å². The van der Waals surface area contributed by atoms with Crippen molar-refractivity contribution in [2.75, 3.05) is 19.0 Å². The van der Waals surface area contributed by atoms with E-state index in [1.807, 2.05) is 0 Å². The van der Waals surface area contributed by atoms with Crippen LogP contribution in [0.3, 0.4) is 0 Å². The van der Waals surface area contributed by atoms with Crippen molar-refractivity contribution in [2.24, 2.45) is 0 Å². The fraction of sp³-hybridized carbons (Fsp3) is 0.857. The largest absolute Gasteiger partial charge is 0.466 e. The number of carbonyl (C=O) groups excluding carboxylic acids is 1. The highest BCUT2D eigenvalue weighted by Crippen LogP contribution is 2.02. The van der Waals surface area contributed by atoms with Crippen molar-refractivity contribution in [2.45, 2.75) is 19.4 Å². The van der Waals surface area contributed by atoms with Gasteiger partial charge in [0.15, 0.2) is 0 Å². The molecule has 0 fully saturated rings. The first-order valence-corrected chi connectivity index (χ1v) is 4.61. The molecular weight excluding hydrogens is 212 g/mol. The molecule has 0 bridgehead atoms. The molecule has 0 heterocycles. The van der Waals surface area contributed by atoms with E-state index in [0.29, 0.717) is 18.4 Å². The molecule has 0 aromatic heterocycles. The van der Waals surface area contributed by atoms with Crippen LogP contribution in [0.15, 0.2) is 0 Å². The first-order chi connectivity index (χ1) is 5.24. The Balaban J connectivity index is 3.54. The number of halogens is 1. The number of methoxy groups -OCH3 is 1. The summed E-state index contributed by atoms with van der Waals surface area (Å²) in [6.45, 7) is 2.21. The van der Waals surface area contributed by atoms with Crippen molar-refractivity contribution in [3.05, 3.63) is 0 Å². The fourth-order valence-corrected chi connectivity index (χ4v) is 1.10. The standard InChI is InChI=1S/C7H13BrO3/c1-3-11-7(9)4-6(5-8)10-2/h6H,3-5H2,1-2H3. The average molecular weight is 225 g/mol. The van der Waals surface area contributed by atoms with Crippen molar-refractivity contribution < 1.29 is 14.3 Å². The topological polar surface area (TPSA) is 35.5 Å². The zero-order valence-corrected chi connectivity index (χ0v) is 8.39. The lowest BCUT2D eigenvalue weighted by Crippen LogP contribution is -2.19. The van der Waals surface area contributed by atoms with E-state index < -0.39 is 0 Å². The Bertz CT molecular complexity index is 112. The summed E-state index contributed by atoms with van der Waals surface area (Å²) < 4.78 is 9.70. The molecule has 0 aromatic rings. The first-order valence-electron chi connectivity index (χ1n) is 3.49. The molecule has 0 spiro atoms. The van der Waals surface area contributed by atoms with Crippen molar-refractivity contribution in [1.82, 2.24) is 0 Å². The third kappa shape index (κ3) is 5.21. The molecule has 4 heteroatoms. The Labute approximate surface area is 75.2 Å². The normalized spacial score (nSPS) is 12.6. The van der Waals surface area contributed by atoms with Gasteiger partial charge in [-0.05, 0) is 6.92 Å². The highest BCUT2D eigenvalue weighted by molar-refractivity contribution is 9.09. The molecule has 1 unspecified atom stereocenters. The van der Waals surface area contributed by atoms with Gasteiger partial charge in [-0.15, -0.1) is 0 Å². The van der Waals surface area contributed by atoms with Crippen LogP contribution in [-0.4, -0.2) is 31.1 Å². The van der Waals surface area contributed by atoms with Gasteiger partial charge in [0.2, 0.25) is 0 Å². The van der Waals surface area contributed by atoms with Gasteiger partial charge < -0.3 is 9.47 Å². The van der Waals surface area contributed by atoms with Crippen LogP contribution in [0.2, 0.25) is 0 Å². The maximum absolute atomic E-state index is 10.8. The molecule has 0 saturated heterocycles. The van der Waals surface area contributed by atoms with Gasteiger partial charge in [0, 0.05) is 12.4 Å². The van der Waals surface area contributed by atoms with E-state index in [2.05, 4.69) is 15.9 Å². The lowest BCUT2D eigenvalue weighted by molar-refractivity contribution is -0.145. The number of alkyl halides is 1. The molecule has 0 aliphatic carbocycles. The number of ether oxygens (including phenoxy) is 2. The van der Waals surface area contributed by atoms with Crippen molar-refractivity contribution in [3.8, 4) is 0 Å². The summed E-state index contributed by atoms with van der Waals surface area (Å²) in [6, 6.07) is 0. The van der Waals surface area contributed by atoms with E-state index in [9.17, 15) is 4.79 Å². The van der Waals surface area contributed by atoms with Gasteiger partial charge in [-0.2, -0.15) is 0 Å². The zero-order valence-electron chi connectivity index (χ0n) is 6.80. The van der Waals surface area contributed by atoms with Gasteiger partial charge >= 0.3 is 5.97 Å². The number of esters is 1. The Morgan fingerprint density at radius 3 is 2.64 bits per heavy atom. The van der Waals surface area contributed by atoms with E-state index in [1.54, 1.807) is 14.0 Å². The third-order valence-electron chi connectivity index (χ3n) is 1.21. The molecule has 0 N–H and O–H groups in total. The van der Waals surface area contributed by atoms with Crippen LogP contribution in [0.1, 0.15) is 13.3 Å². The summed E-state index contributed by atoms with van der Waals surface area (Å²) in [5.41, 5.74) is 0. The van der Waals surface area contributed by atoms with Crippen LogP contribution in [0.5, 0.6) is 0 Å². The molecule has 0 radical (unpaired) electrons. The zero-order chi connectivity index (χ0) is 8.69. The molecule has 0 rings (SSSR count). The van der Waals surface area contributed by atoms with E-state index >= 15 is 0 Å². The summed E-state index contributed by atoms with van der Waals surface area (Å²) >= 11 is 3.22. The van der Waals surface area contributed by atoms with Crippen LogP contribution in [0, 0.1) is 0 Å². The minimum Gasteiger partial charge on any atom is -0.466 e. The van der Waals surface area contributed by atoms with Crippen LogP contribution in [0.25, 0.3) is 0 Å². The summed E-state index contributed by atoms with van der Waals surface area (Å²) in [5, 5.41) is 0.655. The number of hydrogen-bond donors (Lipinski definition) is 0. The Morgan fingerprint density at radius 2 is 2.27 bits per heavy atom. The van der Waals surface area contributed by atoms with Crippen LogP contribution >= 0.6 is 15.9 Å². The minimum atomic E-state index is -0.209. The van der Waals surface area contributed by atoms with E-state index in [-0.39, 0.29) is 12.1 Å². The van der Waals surface area contributed by atoms with Crippen LogP contribution in [0.4, 0.5) is 0 Å². The summed E-state index contributed by atoms with van der Waals surface area (Å²) in [6.07, 6.45) is 0.240. The second-order valence-corrected chi connectivity index (χ2v) is 2.67. The molecule has 0 amide bonds. The van der Waals surface area contributed by atoms with Crippen molar-refractivity contribution in [1.29, 1.82) is 0 Å². The molecule has 1 atom stereocenters. The van der Waals surface area contributed by atoms with E-state index in [0.717, 1.165) is 0 Å². The van der Waals surface area contributed by atoms with E-state index in [1.165, 1.54) is 0 Å². The SMILES string of the molecule is CCOC(=O)CC(CBr)OC. The predicted octanol–water partition coefficient (Wildman–Crippen LogP) is 1.35. The predicted molar refractivity (Wildman–Crippen MR) is 45.8 cm³/mol. The monoisotopic (exact) mass is 224 g/mol. The number of hydrogen-bond acceptors (Lipinski definition) is 3. The molecule has 11 heavy (non-hydrogen) atoms. The lowest BCUT2D eigenvalue weighted by atomic mass is 10.3. The van der Waals surface area contributed by atoms with Gasteiger partial charge in [0.05, 0.1) is 19.1 Å². The van der Waals surface area contributed by atoms with Gasteiger partial charge in [-0.1, -0.05) is 15.9 Å². The molecule has 0 saturated carbocycles. The number of carbonyl (C=O) groups is 1. The minimum absolute atomic E-state index is 0.0750. The Kier molecular flexibility index (Phi) is 6.56. The maximum atomic E-state index is 10.8. The second-order valence-electron chi connectivity index (χ2n) is 2.02. The smallest absolute Gasteiger partial charge is 0.308 e. The summed E-state index contributed by atoms with van der Waals surface area (Å²) in [4.78, 5) is 10.8. The van der Waals surface area contributed by atoms with Gasteiger partial charge in [0.1, 0.15) is 0 Å².